The molecule has 1 N–H and O–H groups in total. The molecule has 1 heterocycles. The smallest absolute Gasteiger partial charge is 0.275 e. The van der Waals surface area contributed by atoms with E-state index in [1.807, 2.05) is 6.92 Å². The number of benzene rings is 1. The van der Waals surface area contributed by atoms with Crippen LogP contribution in [0.4, 0.5) is 11.4 Å². The van der Waals surface area contributed by atoms with Crippen LogP contribution in [0.1, 0.15) is 22.2 Å². The van der Waals surface area contributed by atoms with Crippen LogP contribution in [-0.4, -0.2) is 11.5 Å². The fourth-order valence-corrected chi connectivity index (χ4v) is 2.96. The van der Waals surface area contributed by atoms with Crippen LogP contribution >= 0.6 is 11.3 Å². The summed E-state index contributed by atoms with van der Waals surface area (Å²) in [5.41, 5.74) is 1.99. The lowest BCUT2D eigenvalue weighted by atomic mass is 10.2. The minimum Gasteiger partial charge on any atom is -0.494 e. The van der Waals surface area contributed by atoms with Crippen molar-refractivity contribution in [1.29, 1.82) is 0 Å². The molecule has 0 atom stereocenters. The summed E-state index contributed by atoms with van der Waals surface area (Å²) in [6.07, 6.45) is 0. The van der Waals surface area contributed by atoms with Crippen LogP contribution in [-0.2, 0) is 6.54 Å². The second-order valence-corrected chi connectivity index (χ2v) is 6.05. The van der Waals surface area contributed by atoms with Gasteiger partial charge >= 0.3 is 0 Å². The number of nitrogens with one attached hydrogen (secondary N) is 1. The first-order valence-electron chi connectivity index (χ1n) is 6.71. The molecule has 21 heavy (non-hydrogen) atoms. The third-order valence-electron chi connectivity index (χ3n) is 3.10. The van der Waals surface area contributed by atoms with Crippen LogP contribution in [0.5, 0.6) is 5.75 Å². The number of hydrogen-bond acceptors (Lipinski definition) is 5. The standard InChI is InChI=1S/C15H18N2O3S/c1-4-20-14-7-12(6-13(8-14)17(18)19)16-9-15-5-10(2)11(3)21-15/h5-8,16H,4,9H2,1-3H3. The summed E-state index contributed by atoms with van der Waals surface area (Å²) >= 11 is 1.73. The van der Waals surface area contributed by atoms with Crippen LogP contribution in [0.3, 0.4) is 0 Å². The predicted octanol–water partition coefficient (Wildman–Crippen LogP) is 4.28. The van der Waals surface area contributed by atoms with Crippen LogP contribution in [0.2, 0.25) is 0 Å². The number of nitro benzene ring substituents is 1. The maximum atomic E-state index is 11.0. The molecule has 5 nitrogen and oxygen atoms in total. The highest BCUT2D eigenvalue weighted by Crippen LogP contribution is 2.27. The molecule has 0 unspecified atom stereocenters. The van der Waals surface area contributed by atoms with E-state index >= 15 is 0 Å². The van der Waals surface area contributed by atoms with Crippen LogP contribution < -0.4 is 10.1 Å². The number of anilines is 1. The maximum absolute atomic E-state index is 11.0. The van der Waals surface area contributed by atoms with Gasteiger partial charge in [0.25, 0.3) is 5.69 Å². The Hall–Kier alpha value is -2.08. The van der Waals surface area contributed by atoms with Gasteiger partial charge in [-0.15, -0.1) is 11.3 Å². The third-order valence-corrected chi connectivity index (χ3v) is 4.25. The summed E-state index contributed by atoms with van der Waals surface area (Å²) in [5, 5.41) is 14.2. The Morgan fingerprint density at radius 1 is 1.29 bits per heavy atom. The number of non-ortho nitro benzene ring substituents is 1. The highest BCUT2D eigenvalue weighted by atomic mass is 32.1. The molecule has 0 fully saturated rings. The fraction of sp³-hybridized carbons (Fsp3) is 0.333. The van der Waals surface area contributed by atoms with Gasteiger partial charge in [0, 0.05) is 34.1 Å². The molecule has 1 aromatic heterocycles. The number of thiophene rings is 1. The Kier molecular flexibility index (Phi) is 4.80. The van der Waals surface area contributed by atoms with E-state index in [4.69, 9.17) is 4.74 Å². The van der Waals surface area contributed by atoms with Gasteiger partial charge < -0.3 is 10.1 Å². The zero-order chi connectivity index (χ0) is 15.4. The minimum absolute atomic E-state index is 0.0296. The van der Waals surface area contributed by atoms with Gasteiger partial charge in [-0.1, -0.05) is 0 Å². The van der Waals surface area contributed by atoms with E-state index in [1.54, 1.807) is 17.4 Å². The van der Waals surface area contributed by atoms with Crippen molar-refractivity contribution in [2.24, 2.45) is 0 Å². The lowest BCUT2D eigenvalue weighted by molar-refractivity contribution is -0.384. The molecule has 2 rings (SSSR count). The lowest BCUT2D eigenvalue weighted by Crippen LogP contribution is -2.00. The molecule has 0 aliphatic carbocycles. The Balaban J connectivity index is 2.16. The quantitative estimate of drug-likeness (QED) is 0.639. The summed E-state index contributed by atoms with van der Waals surface area (Å²) in [6.45, 7) is 7.14. The number of ether oxygens (including phenoxy) is 1. The first-order chi connectivity index (χ1) is 9.99. The molecule has 0 bridgehead atoms. The van der Waals surface area contributed by atoms with Crippen LogP contribution in [0, 0.1) is 24.0 Å². The summed E-state index contributed by atoms with van der Waals surface area (Å²) in [5.74, 6) is 0.507. The molecular weight excluding hydrogens is 288 g/mol. The van der Waals surface area contributed by atoms with Gasteiger partial charge in [-0.3, -0.25) is 10.1 Å². The molecule has 1 aromatic carbocycles. The molecule has 0 saturated carbocycles. The highest BCUT2D eigenvalue weighted by molar-refractivity contribution is 7.12. The van der Waals surface area contributed by atoms with E-state index in [0.29, 0.717) is 24.6 Å². The second-order valence-electron chi connectivity index (χ2n) is 4.71. The summed E-state index contributed by atoms with van der Waals surface area (Å²) < 4.78 is 5.37. The Morgan fingerprint density at radius 2 is 2.05 bits per heavy atom. The van der Waals surface area contributed by atoms with Gasteiger partial charge in [-0.2, -0.15) is 0 Å². The molecule has 0 saturated heterocycles. The zero-order valence-electron chi connectivity index (χ0n) is 12.3. The largest absolute Gasteiger partial charge is 0.494 e. The molecule has 0 amide bonds. The number of nitro groups is 1. The SMILES string of the molecule is CCOc1cc(NCc2cc(C)c(C)s2)cc([N+](=O)[O-])c1. The number of nitrogens with zero attached hydrogens (tertiary/aromatic N) is 1. The number of rotatable bonds is 6. The first-order valence-corrected chi connectivity index (χ1v) is 7.53. The zero-order valence-corrected chi connectivity index (χ0v) is 13.1. The van der Waals surface area contributed by atoms with Crippen molar-refractivity contribution in [3.63, 3.8) is 0 Å². The highest BCUT2D eigenvalue weighted by Gasteiger charge is 2.11. The van der Waals surface area contributed by atoms with Crippen molar-refractivity contribution in [1.82, 2.24) is 0 Å². The van der Waals surface area contributed by atoms with Crippen molar-refractivity contribution in [3.8, 4) is 5.75 Å². The molecule has 0 radical (unpaired) electrons. The van der Waals surface area contributed by atoms with Crippen molar-refractivity contribution in [3.05, 3.63) is 49.7 Å². The molecule has 0 spiro atoms. The summed E-state index contributed by atoms with van der Waals surface area (Å²) in [6, 6.07) is 6.88. The molecule has 2 aromatic rings. The molecule has 6 heteroatoms. The minimum atomic E-state index is -0.410. The average molecular weight is 306 g/mol. The third kappa shape index (κ3) is 3.95. The molecule has 112 valence electrons. The first kappa shape index (κ1) is 15.3. The van der Waals surface area contributed by atoms with E-state index in [0.717, 1.165) is 0 Å². The van der Waals surface area contributed by atoms with Crippen molar-refractivity contribution >= 4 is 22.7 Å². The van der Waals surface area contributed by atoms with Gasteiger partial charge in [0.1, 0.15) is 5.75 Å². The molecular formula is C15H18N2O3S. The Morgan fingerprint density at radius 3 is 2.62 bits per heavy atom. The fourth-order valence-electron chi connectivity index (χ4n) is 1.97. The Labute approximate surface area is 127 Å². The van der Waals surface area contributed by atoms with Crippen molar-refractivity contribution in [2.45, 2.75) is 27.3 Å². The average Bonchev–Trinajstić information content (AvgIpc) is 2.76. The second kappa shape index (κ2) is 6.58. The maximum Gasteiger partial charge on any atom is 0.275 e. The topological polar surface area (TPSA) is 64.4 Å². The summed E-state index contributed by atoms with van der Waals surface area (Å²) in [4.78, 5) is 13.0. The van der Waals surface area contributed by atoms with Crippen molar-refractivity contribution < 1.29 is 9.66 Å². The van der Waals surface area contributed by atoms with E-state index in [2.05, 4.69) is 25.2 Å². The van der Waals surface area contributed by atoms with Gasteiger partial charge in [0.15, 0.2) is 0 Å². The normalized spacial score (nSPS) is 10.4. The van der Waals surface area contributed by atoms with Gasteiger partial charge in [-0.05, 0) is 32.4 Å². The number of aryl methyl sites for hydroxylation is 2. The Bertz CT molecular complexity index is 633. The monoisotopic (exact) mass is 306 g/mol. The predicted molar refractivity (Wildman–Crippen MR) is 85.4 cm³/mol. The molecule has 0 aliphatic heterocycles. The van der Waals surface area contributed by atoms with Gasteiger partial charge in [0.2, 0.25) is 0 Å². The van der Waals surface area contributed by atoms with Gasteiger partial charge in [-0.25, -0.2) is 0 Å². The molecule has 0 aliphatic rings. The van der Waals surface area contributed by atoms with Crippen molar-refractivity contribution in [2.75, 3.05) is 11.9 Å². The lowest BCUT2D eigenvalue weighted by Gasteiger charge is -2.08. The van der Waals surface area contributed by atoms with E-state index in [1.165, 1.54) is 27.5 Å². The van der Waals surface area contributed by atoms with E-state index in [-0.39, 0.29) is 5.69 Å². The number of hydrogen-bond donors (Lipinski definition) is 1. The van der Waals surface area contributed by atoms with Gasteiger partial charge in [0.05, 0.1) is 17.6 Å². The van der Waals surface area contributed by atoms with Crippen LogP contribution in [0.15, 0.2) is 24.3 Å². The van der Waals surface area contributed by atoms with Crippen LogP contribution in [0.25, 0.3) is 0 Å². The van der Waals surface area contributed by atoms with E-state index < -0.39 is 4.92 Å². The summed E-state index contributed by atoms with van der Waals surface area (Å²) in [7, 11) is 0. The van der Waals surface area contributed by atoms with E-state index in [9.17, 15) is 10.1 Å².